The maximum atomic E-state index is 12.9. The summed E-state index contributed by atoms with van der Waals surface area (Å²) in [5.41, 5.74) is 0.462. The van der Waals surface area contributed by atoms with Gasteiger partial charge in [-0.25, -0.2) is 9.69 Å². The fraction of sp³-hybridized carbons (Fsp3) is 0.389. The highest BCUT2D eigenvalue weighted by Crippen LogP contribution is 2.65. The average Bonchev–Trinajstić information content (AvgIpc) is 3.32. The van der Waals surface area contributed by atoms with E-state index < -0.39 is 5.97 Å². The number of benzene rings is 1. The minimum Gasteiger partial charge on any atom is -0.478 e. The molecule has 1 aliphatic heterocycles. The molecule has 6 rings (SSSR count). The van der Waals surface area contributed by atoms with Crippen molar-refractivity contribution in [1.82, 2.24) is 0 Å². The van der Waals surface area contributed by atoms with Gasteiger partial charge in [0.1, 0.15) is 0 Å². The first kappa shape index (κ1) is 13.0. The number of allylic oxidation sites excluding steroid dienone is 2. The van der Waals surface area contributed by atoms with E-state index in [1.165, 1.54) is 17.0 Å². The molecule has 23 heavy (non-hydrogen) atoms. The van der Waals surface area contributed by atoms with E-state index >= 15 is 0 Å². The summed E-state index contributed by atoms with van der Waals surface area (Å²) in [7, 11) is 0. The molecule has 4 aliphatic carbocycles. The minimum absolute atomic E-state index is 0.0851. The number of nitrogens with zero attached hydrogens (tertiary/aromatic N) is 1. The molecule has 6 atom stereocenters. The van der Waals surface area contributed by atoms with Gasteiger partial charge in [-0.2, -0.15) is 0 Å². The van der Waals surface area contributed by atoms with Crippen LogP contribution in [0.2, 0.25) is 0 Å². The number of amides is 2. The fourth-order valence-corrected chi connectivity index (χ4v) is 4.99. The van der Waals surface area contributed by atoms with Crippen LogP contribution in [0.1, 0.15) is 16.8 Å². The Hall–Kier alpha value is -2.43. The van der Waals surface area contributed by atoms with Crippen molar-refractivity contribution in [2.75, 3.05) is 4.90 Å². The van der Waals surface area contributed by atoms with E-state index in [0.717, 1.165) is 6.42 Å². The van der Waals surface area contributed by atoms with Crippen molar-refractivity contribution < 1.29 is 19.5 Å². The van der Waals surface area contributed by atoms with Crippen LogP contribution < -0.4 is 4.90 Å². The van der Waals surface area contributed by atoms with E-state index in [4.69, 9.17) is 5.11 Å². The number of rotatable bonds is 2. The molecule has 1 aromatic carbocycles. The van der Waals surface area contributed by atoms with Crippen molar-refractivity contribution in [2.45, 2.75) is 6.42 Å². The number of carboxylic acids is 1. The molecule has 5 nitrogen and oxygen atoms in total. The summed E-state index contributed by atoms with van der Waals surface area (Å²) in [4.78, 5) is 38.2. The Morgan fingerprint density at radius 2 is 1.65 bits per heavy atom. The monoisotopic (exact) mass is 309 g/mol. The first-order valence-corrected chi connectivity index (χ1v) is 7.97. The van der Waals surface area contributed by atoms with Crippen LogP contribution in [0.25, 0.3) is 0 Å². The molecule has 0 radical (unpaired) electrons. The number of aromatic carboxylic acids is 1. The van der Waals surface area contributed by atoms with Crippen molar-refractivity contribution in [3.63, 3.8) is 0 Å². The number of imide groups is 1. The fourth-order valence-electron chi connectivity index (χ4n) is 4.99. The zero-order chi connectivity index (χ0) is 15.9. The van der Waals surface area contributed by atoms with E-state index in [2.05, 4.69) is 12.2 Å². The second-order valence-electron chi connectivity index (χ2n) is 7.02. The van der Waals surface area contributed by atoms with Crippen LogP contribution in [-0.4, -0.2) is 22.9 Å². The summed E-state index contributed by atoms with van der Waals surface area (Å²) in [6.07, 6.45) is 5.38. The van der Waals surface area contributed by atoms with E-state index in [-0.39, 0.29) is 41.0 Å². The molecule has 116 valence electrons. The number of carboxylic acid groups (broad SMARTS) is 1. The van der Waals surface area contributed by atoms with E-state index in [1.807, 2.05) is 0 Å². The standard InChI is InChI=1S/C18H15NO4/c20-16-14-10-4-5-11(13-7-12(10)13)15(14)17(21)19(16)9-3-1-2-8(6-9)18(22)23/h1-6,10-15H,7H2,(H,22,23)/t10-,11-,12-,13+,14-,15-/m1/s1. The Balaban J connectivity index is 1.57. The Kier molecular flexibility index (Phi) is 2.33. The van der Waals surface area contributed by atoms with Gasteiger partial charge in [0.2, 0.25) is 11.8 Å². The van der Waals surface area contributed by atoms with Crippen molar-refractivity contribution in [1.29, 1.82) is 0 Å². The molecule has 0 aromatic heterocycles. The maximum Gasteiger partial charge on any atom is 0.335 e. The van der Waals surface area contributed by atoms with Crippen molar-refractivity contribution >= 4 is 23.5 Å². The van der Waals surface area contributed by atoms with Gasteiger partial charge in [0, 0.05) is 0 Å². The van der Waals surface area contributed by atoms with Crippen LogP contribution in [0.5, 0.6) is 0 Å². The van der Waals surface area contributed by atoms with Gasteiger partial charge in [-0.3, -0.25) is 9.59 Å². The summed E-state index contributed by atoms with van der Waals surface area (Å²) in [6.45, 7) is 0. The molecule has 5 heteroatoms. The van der Waals surface area contributed by atoms with Crippen LogP contribution in [-0.2, 0) is 9.59 Å². The van der Waals surface area contributed by atoms with Crippen molar-refractivity contribution in [2.24, 2.45) is 35.5 Å². The predicted octanol–water partition coefficient (Wildman–Crippen LogP) is 1.94. The third-order valence-corrected chi connectivity index (χ3v) is 6.01. The highest BCUT2D eigenvalue weighted by molar-refractivity contribution is 6.22. The SMILES string of the molecule is O=C(O)c1cccc(N2C(=O)[C@@H]3[C@@H]4C=C[C@H]([C@@H]5C[C@H]45)[C@H]3C2=O)c1. The minimum atomic E-state index is -1.06. The lowest BCUT2D eigenvalue weighted by molar-refractivity contribution is -0.124. The zero-order valence-corrected chi connectivity index (χ0v) is 12.3. The lowest BCUT2D eigenvalue weighted by Gasteiger charge is -2.37. The van der Waals surface area contributed by atoms with Gasteiger partial charge in [-0.15, -0.1) is 0 Å². The van der Waals surface area contributed by atoms with Crippen LogP contribution in [0.3, 0.4) is 0 Å². The summed E-state index contributed by atoms with van der Waals surface area (Å²) >= 11 is 0. The highest BCUT2D eigenvalue weighted by Gasteiger charge is 2.67. The number of carbonyl (C=O) groups is 3. The second-order valence-corrected chi connectivity index (χ2v) is 7.02. The van der Waals surface area contributed by atoms with Gasteiger partial charge in [0.25, 0.3) is 0 Å². The molecule has 2 saturated carbocycles. The summed E-state index contributed by atoms with van der Waals surface area (Å²) < 4.78 is 0. The molecule has 1 saturated heterocycles. The van der Waals surface area contributed by atoms with Gasteiger partial charge >= 0.3 is 5.97 Å². The zero-order valence-electron chi connectivity index (χ0n) is 12.3. The summed E-state index contributed by atoms with van der Waals surface area (Å²) in [5, 5.41) is 9.13. The molecule has 2 bridgehead atoms. The van der Waals surface area contributed by atoms with Crippen molar-refractivity contribution in [3.05, 3.63) is 42.0 Å². The van der Waals surface area contributed by atoms with Crippen LogP contribution >= 0.6 is 0 Å². The molecular weight excluding hydrogens is 294 g/mol. The third-order valence-electron chi connectivity index (χ3n) is 6.01. The van der Waals surface area contributed by atoms with Gasteiger partial charge in [-0.05, 0) is 48.3 Å². The normalized spacial score (nSPS) is 39.4. The van der Waals surface area contributed by atoms with E-state index in [0.29, 0.717) is 17.5 Å². The van der Waals surface area contributed by atoms with E-state index in [1.54, 1.807) is 12.1 Å². The first-order chi connectivity index (χ1) is 11.1. The smallest absolute Gasteiger partial charge is 0.335 e. The van der Waals surface area contributed by atoms with Crippen LogP contribution in [0.4, 0.5) is 5.69 Å². The number of hydrogen-bond donors (Lipinski definition) is 1. The molecule has 1 heterocycles. The Morgan fingerprint density at radius 1 is 1.04 bits per heavy atom. The molecule has 1 aromatic rings. The van der Waals surface area contributed by atoms with Gasteiger partial charge in [0.05, 0.1) is 23.1 Å². The third kappa shape index (κ3) is 1.54. The van der Waals surface area contributed by atoms with Gasteiger partial charge in [-0.1, -0.05) is 18.2 Å². The average molecular weight is 309 g/mol. The molecule has 2 amide bonds. The molecular formula is C18H15NO4. The summed E-state index contributed by atoms with van der Waals surface area (Å²) in [6, 6.07) is 6.08. The highest BCUT2D eigenvalue weighted by atomic mass is 16.4. The quantitative estimate of drug-likeness (QED) is 0.669. The number of carbonyl (C=O) groups excluding carboxylic acids is 2. The van der Waals surface area contributed by atoms with Crippen LogP contribution in [0, 0.1) is 35.5 Å². The molecule has 0 unspecified atom stereocenters. The first-order valence-electron chi connectivity index (χ1n) is 7.97. The lowest BCUT2D eigenvalue weighted by atomic mass is 9.63. The second kappa shape index (κ2) is 4.10. The van der Waals surface area contributed by atoms with Crippen molar-refractivity contribution in [3.8, 4) is 0 Å². The molecule has 3 fully saturated rings. The Bertz CT molecular complexity index is 762. The van der Waals surface area contributed by atoms with E-state index in [9.17, 15) is 14.4 Å². The summed E-state index contributed by atoms with van der Waals surface area (Å²) in [5.74, 6) is -0.407. The molecule has 5 aliphatic rings. The molecule has 0 spiro atoms. The molecule has 1 N–H and O–H groups in total. The maximum absolute atomic E-state index is 12.9. The Labute approximate surface area is 132 Å². The largest absolute Gasteiger partial charge is 0.478 e. The van der Waals surface area contributed by atoms with Gasteiger partial charge in [0.15, 0.2) is 0 Å². The lowest BCUT2D eigenvalue weighted by Crippen LogP contribution is -2.40. The number of hydrogen-bond acceptors (Lipinski definition) is 3. The predicted molar refractivity (Wildman–Crippen MR) is 80.6 cm³/mol. The Morgan fingerprint density at radius 3 is 2.22 bits per heavy atom. The van der Waals surface area contributed by atoms with Crippen LogP contribution in [0.15, 0.2) is 36.4 Å². The topological polar surface area (TPSA) is 74.7 Å². The number of anilines is 1. The van der Waals surface area contributed by atoms with Gasteiger partial charge < -0.3 is 5.11 Å².